The fraction of sp³-hybridized carbons (Fsp3) is 0.350. The highest BCUT2D eigenvalue weighted by molar-refractivity contribution is 6.35. The molecular weight excluding hydrogens is 437 g/mol. The zero-order valence-corrected chi connectivity index (χ0v) is 17.5. The lowest BCUT2D eigenvalue weighted by molar-refractivity contribution is -0.0827. The predicted octanol–water partition coefficient (Wildman–Crippen LogP) is 2.28. The smallest absolute Gasteiger partial charge is 0.213 e. The number of ether oxygens (including phenoxy) is 1. The molecule has 30 heavy (non-hydrogen) atoms. The van der Waals surface area contributed by atoms with Crippen molar-refractivity contribution >= 4 is 45.3 Å². The first-order valence-electron chi connectivity index (χ1n) is 9.06. The molecule has 4 atom stereocenters. The van der Waals surface area contributed by atoms with Crippen LogP contribution in [-0.4, -0.2) is 57.0 Å². The maximum absolute atomic E-state index is 13.1. The molecular formula is C20H19Cl2NO7. The SMILES string of the molecule is CO[C@@H]1C(CO)=C[C@@H](n2c(Cl)cc3c(=O)c4c(O)c(C)cc(Cl)c4oc32)[C@H](O)[C@H]1O. The van der Waals surface area contributed by atoms with Gasteiger partial charge in [0.25, 0.3) is 0 Å². The maximum Gasteiger partial charge on any atom is 0.213 e. The van der Waals surface area contributed by atoms with E-state index in [1.165, 1.54) is 29.9 Å². The van der Waals surface area contributed by atoms with Crippen molar-refractivity contribution in [2.45, 2.75) is 31.3 Å². The molecule has 0 unspecified atom stereocenters. The average molecular weight is 456 g/mol. The Morgan fingerprint density at radius 3 is 2.57 bits per heavy atom. The molecule has 10 heteroatoms. The molecule has 1 aliphatic rings. The predicted molar refractivity (Wildman–Crippen MR) is 111 cm³/mol. The second kappa shape index (κ2) is 7.56. The highest BCUT2D eigenvalue weighted by Gasteiger charge is 2.40. The summed E-state index contributed by atoms with van der Waals surface area (Å²) < 4.78 is 12.4. The minimum Gasteiger partial charge on any atom is -0.507 e. The van der Waals surface area contributed by atoms with Gasteiger partial charge in [-0.3, -0.25) is 9.36 Å². The van der Waals surface area contributed by atoms with Gasteiger partial charge in [0.15, 0.2) is 5.58 Å². The van der Waals surface area contributed by atoms with Crippen molar-refractivity contribution < 1.29 is 29.6 Å². The van der Waals surface area contributed by atoms with Crippen LogP contribution >= 0.6 is 23.2 Å². The van der Waals surface area contributed by atoms with Crippen molar-refractivity contribution in [2.24, 2.45) is 0 Å². The van der Waals surface area contributed by atoms with Gasteiger partial charge in [0.05, 0.1) is 23.1 Å². The summed E-state index contributed by atoms with van der Waals surface area (Å²) in [6, 6.07) is 1.86. The lowest BCUT2D eigenvalue weighted by atomic mass is 9.88. The molecule has 2 heterocycles. The number of aromatic nitrogens is 1. The molecule has 8 nitrogen and oxygen atoms in total. The van der Waals surface area contributed by atoms with E-state index in [4.69, 9.17) is 32.4 Å². The number of hydrogen-bond acceptors (Lipinski definition) is 7. The number of fused-ring (bicyclic) bond motifs is 2. The number of methoxy groups -OCH3 is 1. The van der Waals surface area contributed by atoms with Crippen molar-refractivity contribution in [1.82, 2.24) is 4.57 Å². The van der Waals surface area contributed by atoms with Crippen LogP contribution in [0.2, 0.25) is 10.2 Å². The molecule has 0 radical (unpaired) electrons. The largest absolute Gasteiger partial charge is 0.507 e. The average Bonchev–Trinajstić information content (AvgIpc) is 3.04. The maximum atomic E-state index is 13.1. The summed E-state index contributed by atoms with van der Waals surface area (Å²) in [5.74, 6) is -0.243. The number of halogens is 2. The molecule has 3 aromatic rings. The van der Waals surface area contributed by atoms with E-state index in [1.54, 1.807) is 6.92 Å². The van der Waals surface area contributed by atoms with Gasteiger partial charge in [0, 0.05) is 7.11 Å². The number of aliphatic hydroxyl groups excluding tert-OH is 3. The van der Waals surface area contributed by atoms with Crippen LogP contribution in [0.15, 0.2) is 33.0 Å². The fourth-order valence-electron chi connectivity index (χ4n) is 3.99. The standard InChI is InChI=1S/C20H19Cl2NO7/c1-7-3-10(21)19-13(14(7)25)15(26)9-5-12(22)23(20(9)30-19)11-4-8(6-24)18(29-2)17(28)16(11)27/h3-5,11,16-18,24-25,27-28H,6H2,1-2H3/t11-,16+,17-,18-/m1/s1. The number of rotatable bonds is 3. The molecule has 1 aromatic carbocycles. The molecule has 0 saturated heterocycles. The Labute approximate surface area is 180 Å². The molecule has 0 fully saturated rings. The van der Waals surface area contributed by atoms with Gasteiger partial charge in [-0.1, -0.05) is 29.3 Å². The number of hydrogen-bond donors (Lipinski definition) is 4. The number of aromatic hydroxyl groups is 1. The first-order valence-corrected chi connectivity index (χ1v) is 9.82. The highest BCUT2D eigenvalue weighted by Crippen LogP contribution is 2.39. The third-order valence-corrected chi connectivity index (χ3v) is 6.08. The van der Waals surface area contributed by atoms with Gasteiger partial charge in [-0.25, -0.2) is 0 Å². The molecule has 1 aliphatic carbocycles. The second-order valence-electron chi connectivity index (χ2n) is 7.24. The lowest BCUT2D eigenvalue weighted by Crippen LogP contribution is -2.48. The van der Waals surface area contributed by atoms with E-state index < -0.39 is 36.4 Å². The summed E-state index contributed by atoms with van der Waals surface area (Å²) in [5, 5.41) is 41.4. The van der Waals surface area contributed by atoms with Gasteiger partial charge in [-0.2, -0.15) is 0 Å². The van der Waals surface area contributed by atoms with Gasteiger partial charge >= 0.3 is 0 Å². The summed E-state index contributed by atoms with van der Waals surface area (Å²) in [5.41, 5.74) is 0.190. The van der Waals surface area contributed by atoms with Crippen molar-refractivity contribution in [3.63, 3.8) is 0 Å². The molecule has 0 aliphatic heterocycles. The number of aliphatic hydroxyl groups is 3. The molecule has 0 saturated carbocycles. The highest BCUT2D eigenvalue weighted by atomic mass is 35.5. The number of benzene rings is 1. The molecule has 0 amide bonds. The van der Waals surface area contributed by atoms with Gasteiger partial charge in [0.2, 0.25) is 11.1 Å². The molecule has 0 spiro atoms. The first kappa shape index (κ1) is 21.2. The molecule has 4 N–H and O–H groups in total. The van der Waals surface area contributed by atoms with Gasteiger partial charge in [0.1, 0.15) is 34.6 Å². The molecule has 0 bridgehead atoms. The summed E-state index contributed by atoms with van der Waals surface area (Å²) >= 11 is 12.6. The third kappa shape index (κ3) is 2.95. The Morgan fingerprint density at radius 1 is 1.23 bits per heavy atom. The van der Waals surface area contributed by atoms with Gasteiger partial charge < -0.3 is 29.6 Å². The quantitative estimate of drug-likeness (QED) is 0.446. The Kier molecular flexibility index (Phi) is 5.34. The Morgan fingerprint density at radius 2 is 1.93 bits per heavy atom. The third-order valence-electron chi connectivity index (χ3n) is 5.51. The normalized spacial score (nSPS) is 24.6. The Hall–Kier alpha value is -2.07. The van der Waals surface area contributed by atoms with Crippen molar-refractivity contribution in [1.29, 1.82) is 0 Å². The zero-order chi connectivity index (χ0) is 21.9. The molecule has 160 valence electrons. The summed E-state index contributed by atoms with van der Waals surface area (Å²) in [4.78, 5) is 13.1. The van der Waals surface area contributed by atoms with Crippen LogP contribution in [0.4, 0.5) is 0 Å². The number of nitrogens with zero attached hydrogens (tertiary/aromatic N) is 1. The van der Waals surface area contributed by atoms with Crippen LogP contribution in [0.1, 0.15) is 11.6 Å². The summed E-state index contributed by atoms with van der Waals surface area (Å²) in [6.07, 6.45) is -2.12. The minimum atomic E-state index is -1.37. The van der Waals surface area contributed by atoms with E-state index in [0.717, 1.165) is 0 Å². The van der Waals surface area contributed by atoms with E-state index in [1.807, 2.05) is 0 Å². The minimum absolute atomic E-state index is 0.00306. The van der Waals surface area contributed by atoms with Crippen LogP contribution in [0, 0.1) is 6.92 Å². The van der Waals surface area contributed by atoms with Crippen molar-refractivity contribution in [3.05, 3.63) is 49.7 Å². The van der Waals surface area contributed by atoms with Crippen molar-refractivity contribution in [2.75, 3.05) is 13.7 Å². The van der Waals surface area contributed by atoms with E-state index in [0.29, 0.717) is 11.1 Å². The second-order valence-corrected chi connectivity index (χ2v) is 8.04. The van der Waals surface area contributed by atoms with Crippen LogP contribution in [0.25, 0.3) is 22.1 Å². The van der Waals surface area contributed by atoms with Gasteiger partial charge in [-0.15, -0.1) is 0 Å². The fourth-order valence-corrected chi connectivity index (χ4v) is 4.58. The van der Waals surface area contributed by atoms with E-state index in [9.17, 15) is 25.2 Å². The molecule has 2 aromatic heterocycles. The summed E-state index contributed by atoms with van der Waals surface area (Å²) in [7, 11) is 1.35. The zero-order valence-electron chi connectivity index (χ0n) is 16.0. The van der Waals surface area contributed by atoms with Gasteiger partial charge in [-0.05, 0) is 30.2 Å². The van der Waals surface area contributed by atoms with Crippen LogP contribution in [0.3, 0.4) is 0 Å². The number of aryl methyl sites for hydroxylation is 1. The van der Waals surface area contributed by atoms with Crippen LogP contribution in [-0.2, 0) is 4.74 Å². The van der Waals surface area contributed by atoms with Crippen molar-refractivity contribution in [3.8, 4) is 5.75 Å². The monoisotopic (exact) mass is 455 g/mol. The number of phenolic OH excluding ortho intramolecular Hbond substituents is 1. The Bertz CT molecular complexity index is 1250. The topological polar surface area (TPSA) is 125 Å². The van der Waals surface area contributed by atoms with Crippen LogP contribution < -0.4 is 5.43 Å². The van der Waals surface area contributed by atoms with Crippen LogP contribution in [0.5, 0.6) is 5.75 Å². The first-order chi connectivity index (χ1) is 14.2. The van der Waals surface area contributed by atoms with E-state index in [-0.39, 0.29) is 38.0 Å². The van der Waals surface area contributed by atoms with E-state index in [2.05, 4.69) is 0 Å². The summed E-state index contributed by atoms with van der Waals surface area (Å²) in [6.45, 7) is 1.19. The lowest BCUT2D eigenvalue weighted by Gasteiger charge is -2.36. The van der Waals surface area contributed by atoms with E-state index >= 15 is 0 Å². The Balaban J connectivity index is 2.05. The molecule has 4 rings (SSSR count). The number of phenols is 1.